The largest absolute Gasteiger partial charge is 0.497 e. The second-order valence-electron chi connectivity index (χ2n) is 7.21. The van der Waals surface area contributed by atoms with Crippen molar-refractivity contribution >= 4 is 33.2 Å². The number of sulfonamides is 1. The van der Waals surface area contributed by atoms with Gasteiger partial charge in [-0.25, -0.2) is 8.42 Å². The van der Waals surface area contributed by atoms with Gasteiger partial charge < -0.3 is 15.0 Å². The predicted octanol–water partition coefficient (Wildman–Crippen LogP) is 1.53. The summed E-state index contributed by atoms with van der Waals surface area (Å²) in [5.74, 6) is -0.470. The van der Waals surface area contributed by atoms with E-state index in [0.29, 0.717) is 11.3 Å². The van der Waals surface area contributed by atoms with E-state index in [1.54, 1.807) is 24.3 Å². The van der Waals surface area contributed by atoms with Gasteiger partial charge in [-0.05, 0) is 30.7 Å². The number of hydrogen-bond donors (Lipinski definition) is 1. The van der Waals surface area contributed by atoms with Crippen LogP contribution in [0.15, 0.2) is 48.5 Å². The number of nitro benzene ring substituents is 1. The van der Waals surface area contributed by atoms with Gasteiger partial charge in [0.05, 0.1) is 24.0 Å². The molecule has 2 aromatic rings. The van der Waals surface area contributed by atoms with E-state index in [0.717, 1.165) is 16.6 Å². The molecule has 1 atom stereocenters. The van der Waals surface area contributed by atoms with Crippen molar-refractivity contribution in [2.45, 2.75) is 19.5 Å². The zero-order valence-corrected chi connectivity index (χ0v) is 19.5. The summed E-state index contributed by atoms with van der Waals surface area (Å²) in [5.41, 5.74) is 0.348. The van der Waals surface area contributed by atoms with Crippen molar-refractivity contribution in [3.8, 4) is 5.75 Å². The Balaban J connectivity index is 2.40. The van der Waals surface area contributed by atoms with Crippen molar-refractivity contribution in [3.05, 3.63) is 64.2 Å². The minimum absolute atomic E-state index is 0.0305. The molecule has 0 bridgehead atoms. The summed E-state index contributed by atoms with van der Waals surface area (Å²) in [6, 6.07) is 10.9. The first-order valence-electron chi connectivity index (χ1n) is 9.84. The SMILES string of the molecule is CNC(=O)C(C)N(Cc1ccc(OC)cc1)C(=O)CN(c1cccc([N+](=O)[O-])c1)S(C)(=O)=O. The quantitative estimate of drug-likeness (QED) is 0.403. The standard InChI is InChI=1S/C21H26N4O7S/c1-15(21(27)22-2)23(13-16-8-10-19(32-3)11-9-16)20(26)14-24(33(4,30)31)17-6-5-7-18(12-17)25(28)29/h5-12,15H,13-14H2,1-4H3,(H,22,27). The molecule has 0 aliphatic rings. The van der Waals surface area contributed by atoms with Gasteiger partial charge in [-0.15, -0.1) is 0 Å². The van der Waals surface area contributed by atoms with E-state index in [2.05, 4.69) is 5.32 Å². The number of carbonyl (C=O) groups is 2. The van der Waals surface area contributed by atoms with Gasteiger partial charge in [0.1, 0.15) is 18.3 Å². The maximum absolute atomic E-state index is 13.3. The average Bonchev–Trinajstić information content (AvgIpc) is 2.79. The molecule has 0 fully saturated rings. The van der Waals surface area contributed by atoms with Crippen molar-refractivity contribution in [1.29, 1.82) is 0 Å². The van der Waals surface area contributed by atoms with E-state index in [4.69, 9.17) is 4.74 Å². The van der Waals surface area contributed by atoms with Crippen molar-refractivity contribution < 1.29 is 27.7 Å². The Morgan fingerprint density at radius 1 is 1.18 bits per heavy atom. The van der Waals surface area contributed by atoms with Gasteiger partial charge >= 0.3 is 0 Å². The van der Waals surface area contributed by atoms with E-state index in [9.17, 15) is 28.1 Å². The number of anilines is 1. The van der Waals surface area contributed by atoms with E-state index in [-0.39, 0.29) is 17.9 Å². The number of rotatable bonds is 10. The van der Waals surface area contributed by atoms with E-state index < -0.39 is 39.3 Å². The summed E-state index contributed by atoms with van der Waals surface area (Å²) in [4.78, 5) is 37.3. The third kappa shape index (κ3) is 6.65. The molecule has 1 N–H and O–H groups in total. The number of ether oxygens (including phenoxy) is 1. The number of likely N-dealkylation sites (N-methyl/N-ethyl adjacent to an activating group) is 1. The molecule has 2 amide bonds. The predicted molar refractivity (Wildman–Crippen MR) is 122 cm³/mol. The Morgan fingerprint density at radius 2 is 1.82 bits per heavy atom. The van der Waals surface area contributed by atoms with Crippen LogP contribution in [-0.2, 0) is 26.2 Å². The van der Waals surface area contributed by atoms with E-state index in [1.807, 2.05) is 0 Å². The zero-order chi connectivity index (χ0) is 24.8. The highest BCUT2D eigenvalue weighted by molar-refractivity contribution is 7.92. The van der Waals surface area contributed by atoms with Gasteiger partial charge in [-0.3, -0.25) is 24.0 Å². The molecule has 0 aliphatic carbocycles. The Morgan fingerprint density at radius 3 is 2.33 bits per heavy atom. The lowest BCUT2D eigenvalue weighted by Crippen LogP contribution is -2.50. The molecular weight excluding hydrogens is 452 g/mol. The molecule has 2 rings (SSSR count). The fourth-order valence-electron chi connectivity index (χ4n) is 3.09. The number of nitrogens with one attached hydrogen (secondary N) is 1. The normalized spacial score (nSPS) is 11.9. The first kappa shape index (κ1) is 25.6. The molecular formula is C21H26N4O7S. The molecule has 0 aromatic heterocycles. The molecule has 0 heterocycles. The molecule has 12 heteroatoms. The highest BCUT2D eigenvalue weighted by Gasteiger charge is 2.30. The van der Waals surface area contributed by atoms with Gasteiger partial charge in [-0.2, -0.15) is 0 Å². The molecule has 178 valence electrons. The van der Waals surface area contributed by atoms with Gasteiger partial charge in [0, 0.05) is 25.7 Å². The topological polar surface area (TPSA) is 139 Å². The van der Waals surface area contributed by atoms with Crippen LogP contribution >= 0.6 is 0 Å². The van der Waals surface area contributed by atoms with Crippen molar-refractivity contribution in [3.63, 3.8) is 0 Å². The Hall–Kier alpha value is -3.67. The fourth-order valence-corrected chi connectivity index (χ4v) is 3.94. The van der Waals surface area contributed by atoms with Gasteiger partial charge in [0.25, 0.3) is 5.69 Å². The number of methoxy groups -OCH3 is 1. The molecule has 33 heavy (non-hydrogen) atoms. The molecule has 11 nitrogen and oxygen atoms in total. The summed E-state index contributed by atoms with van der Waals surface area (Å²) in [6.07, 6.45) is 0.898. The zero-order valence-electron chi connectivity index (χ0n) is 18.7. The molecule has 0 saturated carbocycles. The lowest BCUT2D eigenvalue weighted by Gasteiger charge is -2.31. The van der Waals surface area contributed by atoms with Crippen LogP contribution in [0.1, 0.15) is 12.5 Å². The summed E-state index contributed by atoms with van der Waals surface area (Å²) in [7, 11) is -1.02. The van der Waals surface area contributed by atoms with Crippen LogP contribution in [0.5, 0.6) is 5.75 Å². The maximum Gasteiger partial charge on any atom is 0.271 e. The van der Waals surface area contributed by atoms with Crippen molar-refractivity contribution in [2.24, 2.45) is 0 Å². The van der Waals surface area contributed by atoms with Crippen LogP contribution in [-0.4, -0.2) is 63.1 Å². The van der Waals surface area contributed by atoms with E-state index >= 15 is 0 Å². The number of carbonyl (C=O) groups excluding carboxylic acids is 2. The average molecular weight is 479 g/mol. The summed E-state index contributed by atoms with van der Waals surface area (Å²) >= 11 is 0. The summed E-state index contributed by atoms with van der Waals surface area (Å²) < 4.78 is 30.8. The van der Waals surface area contributed by atoms with E-state index in [1.165, 1.54) is 44.2 Å². The van der Waals surface area contributed by atoms with Crippen LogP contribution < -0.4 is 14.4 Å². The Labute approximate surface area is 192 Å². The van der Waals surface area contributed by atoms with Crippen molar-refractivity contribution in [1.82, 2.24) is 10.2 Å². The van der Waals surface area contributed by atoms with Crippen LogP contribution in [0.3, 0.4) is 0 Å². The second-order valence-corrected chi connectivity index (χ2v) is 9.11. The van der Waals surface area contributed by atoms with Gasteiger partial charge in [0.2, 0.25) is 21.8 Å². The number of hydrogen-bond acceptors (Lipinski definition) is 7. The van der Waals surface area contributed by atoms with Crippen LogP contribution in [0, 0.1) is 10.1 Å². The molecule has 0 aliphatic heterocycles. The minimum Gasteiger partial charge on any atom is -0.497 e. The molecule has 2 aromatic carbocycles. The first-order chi connectivity index (χ1) is 15.5. The smallest absolute Gasteiger partial charge is 0.271 e. The monoisotopic (exact) mass is 478 g/mol. The molecule has 0 saturated heterocycles. The Kier molecular flexibility index (Phi) is 8.35. The minimum atomic E-state index is -3.98. The molecule has 0 radical (unpaired) electrons. The first-order valence-corrected chi connectivity index (χ1v) is 11.7. The number of nitro groups is 1. The fraction of sp³-hybridized carbons (Fsp3) is 0.333. The lowest BCUT2D eigenvalue weighted by atomic mass is 10.1. The summed E-state index contributed by atoms with van der Waals surface area (Å²) in [5, 5.41) is 13.6. The van der Waals surface area contributed by atoms with Crippen LogP contribution in [0.25, 0.3) is 0 Å². The number of amides is 2. The van der Waals surface area contributed by atoms with Gasteiger partial charge in [-0.1, -0.05) is 18.2 Å². The van der Waals surface area contributed by atoms with Crippen LogP contribution in [0.2, 0.25) is 0 Å². The Bertz CT molecular complexity index is 1120. The highest BCUT2D eigenvalue weighted by Crippen LogP contribution is 2.24. The lowest BCUT2D eigenvalue weighted by molar-refractivity contribution is -0.384. The third-order valence-electron chi connectivity index (χ3n) is 4.93. The number of benzene rings is 2. The second kappa shape index (κ2) is 10.8. The van der Waals surface area contributed by atoms with Crippen LogP contribution in [0.4, 0.5) is 11.4 Å². The van der Waals surface area contributed by atoms with Crippen molar-refractivity contribution in [2.75, 3.05) is 31.3 Å². The third-order valence-corrected chi connectivity index (χ3v) is 6.07. The molecule has 0 spiro atoms. The number of non-ortho nitro benzene ring substituents is 1. The summed E-state index contributed by atoms with van der Waals surface area (Å²) in [6.45, 7) is 0.917. The maximum atomic E-state index is 13.3. The van der Waals surface area contributed by atoms with Gasteiger partial charge in [0.15, 0.2) is 0 Å². The highest BCUT2D eigenvalue weighted by atomic mass is 32.2. The molecule has 1 unspecified atom stereocenters. The number of nitrogens with zero attached hydrogens (tertiary/aromatic N) is 3.